The van der Waals surface area contributed by atoms with Gasteiger partial charge < -0.3 is 31.3 Å². The smallest absolute Gasteiger partial charge is 0.255 e. The molecule has 0 spiro atoms. The zero-order valence-electron chi connectivity index (χ0n) is 16.5. The number of amides is 1. The first kappa shape index (κ1) is 20.8. The summed E-state index contributed by atoms with van der Waals surface area (Å²) >= 11 is 0. The summed E-state index contributed by atoms with van der Waals surface area (Å²) in [6.07, 6.45) is -0.661. The van der Waals surface area contributed by atoms with Gasteiger partial charge in [-0.25, -0.2) is 0 Å². The second-order valence-corrected chi connectivity index (χ2v) is 8.15. The largest absolute Gasteiger partial charge is 0.508 e. The lowest BCUT2D eigenvalue weighted by Gasteiger charge is -2.50. The van der Waals surface area contributed by atoms with Crippen LogP contribution in [0.15, 0.2) is 35.6 Å². The van der Waals surface area contributed by atoms with Crippen LogP contribution in [-0.4, -0.2) is 54.7 Å². The summed E-state index contributed by atoms with van der Waals surface area (Å²) in [5.41, 5.74) is 1.93. The monoisotopic (exact) mass is 427 g/mol. The van der Waals surface area contributed by atoms with E-state index in [1.54, 1.807) is 13.0 Å². The molecule has 1 aromatic rings. The molecule has 1 saturated carbocycles. The van der Waals surface area contributed by atoms with Gasteiger partial charge in [0.25, 0.3) is 5.91 Å². The summed E-state index contributed by atoms with van der Waals surface area (Å²) < 4.78 is 0. The molecule has 9 nitrogen and oxygen atoms in total. The van der Waals surface area contributed by atoms with E-state index in [1.165, 1.54) is 12.1 Å². The third kappa shape index (κ3) is 2.41. The number of hydrogen-bond donors (Lipinski definition) is 6. The van der Waals surface area contributed by atoms with Crippen molar-refractivity contribution in [2.45, 2.75) is 31.0 Å². The van der Waals surface area contributed by atoms with Gasteiger partial charge in [-0.3, -0.25) is 14.4 Å². The number of phenolic OH excluding ortho intramolecular Hbond substituents is 1. The van der Waals surface area contributed by atoms with E-state index in [0.29, 0.717) is 11.1 Å². The zero-order chi connectivity index (χ0) is 23.0. The lowest BCUT2D eigenvalue weighted by Crippen LogP contribution is -2.64. The Bertz CT molecular complexity index is 1150. The van der Waals surface area contributed by atoms with Crippen molar-refractivity contribution in [1.29, 1.82) is 0 Å². The molecule has 3 aliphatic rings. The number of hydrogen-bond acceptors (Lipinski definition) is 8. The zero-order valence-corrected chi connectivity index (χ0v) is 16.5. The lowest BCUT2D eigenvalue weighted by atomic mass is 9.55. The van der Waals surface area contributed by atoms with Gasteiger partial charge in [-0.2, -0.15) is 0 Å². The first-order valence-electron chi connectivity index (χ1n) is 9.62. The van der Waals surface area contributed by atoms with Crippen molar-refractivity contribution in [2.24, 2.45) is 17.6 Å². The number of carbonyl (C=O) groups excluding carboxylic acids is 3. The molecule has 1 amide bonds. The van der Waals surface area contributed by atoms with Gasteiger partial charge in [0.15, 0.2) is 11.4 Å². The van der Waals surface area contributed by atoms with E-state index >= 15 is 0 Å². The van der Waals surface area contributed by atoms with Gasteiger partial charge >= 0.3 is 0 Å². The maximum Gasteiger partial charge on any atom is 0.255 e. The molecule has 0 aliphatic heterocycles. The highest BCUT2D eigenvalue weighted by atomic mass is 16.4. The van der Waals surface area contributed by atoms with E-state index in [-0.39, 0.29) is 11.3 Å². The molecule has 5 atom stereocenters. The predicted molar refractivity (Wildman–Crippen MR) is 108 cm³/mol. The fraction of sp³-hybridized carbons (Fsp3) is 0.318. The van der Waals surface area contributed by atoms with Gasteiger partial charge in [0, 0.05) is 23.8 Å². The highest BCUT2D eigenvalue weighted by Gasteiger charge is 2.64. The Morgan fingerprint density at radius 2 is 1.90 bits per heavy atom. The topological polar surface area (TPSA) is 178 Å². The summed E-state index contributed by atoms with van der Waals surface area (Å²) in [5, 5.41) is 54.2. The van der Waals surface area contributed by atoms with Crippen LogP contribution in [0, 0.1) is 11.8 Å². The Hall–Kier alpha value is -3.43. The van der Waals surface area contributed by atoms with Crippen LogP contribution >= 0.6 is 0 Å². The van der Waals surface area contributed by atoms with Crippen LogP contribution in [0.3, 0.4) is 0 Å². The third-order valence-electron chi connectivity index (χ3n) is 6.73. The van der Waals surface area contributed by atoms with Gasteiger partial charge in [-0.1, -0.05) is 25.6 Å². The number of aromatic hydroxyl groups is 1. The van der Waals surface area contributed by atoms with Crippen LogP contribution in [0.25, 0.3) is 11.8 Å². The molecule has 5 unspecified atom stereocenters. The van der Waals surface area contributed by atoms with Gasteiger partial charge in [0.2, 0.25) is 5.78 Å². The molecule has 4 rings (SSSR count). The van der Waals surface area contributed by atoms with Crippen LogP contribution in [-0.2, 0) is 14.4 Å². The quantitative estimate of drug-likeness (QED) is 0.371. The Labute approximate surface area is 176 Å². The number of nitrogens with two attached hydrogens (primary N) is 1. The number of carbonyl (C=O) groups is 3. The number of benzene rings is 1. The standard InChI is InChI=1S/C22H21NO8/c1-3-8-4-5-10(24)14-12(8)7(2)13-16(18(14)27)20(29)22(31)9(17(13)26)6-11(25)15(19(22)28)21(23)30/h3-5,7,9,13,17,24,26-28,31H,1,6H2,2H3,(H2,23,30). The molecule has 7 N–H and O–H groups in total. The molecular weight excluding hydrogens is 406 g/mol. The number of aliphatic hydroxyl groups excluding tert-OH is 3. The SMILES string of the molecule is C=Cc1ccc(O)c2c1C(C)C1C(=C2O)C(=O)C2(O)C(O)=C(C(N)=O)C(=O)CC2C1O. The Morgan fingerprint density at radius 1 is 1.26 bits per heavy atom. The lowest BCUT2D eigenvalue weighted by molar-refractivity contribution is -0.160. The number of ketones is 2. The summed E-state index contributed by atoms with van der Waals surface area (Å²) in [6.45, 7) is 5.38. The molecule has 1 aromatic carbocycles. The fourth-order valence-corrected chi connectivity index (χ4v) is 5.29. The van der Waals surface area contributed by atoms with Crippen molar-refractivity contribution < 1.29 is 39.9 Å². The van der Waals surface area contributed by atoms with E-state index in [4.69, 9.17) is 5.73 Å². The second-order valence-electron chi connectivity index (χ2n) is 8.15. The summed E-state index contributed by atoms with van der Waals surface area (Å²) in [7, 11) is 0. The van der Waals surface area contributed by atoms with E-state index in [1.807, 2.05) is 0 Å². The average molecular weight is 427 g/mol. The van der Waals surface area contributed by atoms with Gasteiger partial charge in [0.05, 0.1) is 11.7 Å². The van der Waals surface area contributed by atoms with Crippen molar-refractivity contribution >= 4 is 29.3 Å². The maximum atomic E-state index is 13.4. The van der Waals surface area contributed by atoms with Gasteiger partial charge in [0.1, 0.15) is 22.8 Å². The summed E-state index contributed by atoms with van der Waals surface area (Å²) in [6, 6.07) is 2.88. The molecule has 0 bridgehead atoms. The van der Waals surface area contributed by atoms with Crippen LogP contribution in [0.4, 0.5) is 0 Å². The first-order chi connectivity index (χ1) is 14.5. The van der Waals surface area contributed by atoms with Crippen LogP contribution in [0.1, 0.15) is 36.0 Å². The molecule has 1 fully saturated rings. The number of fused-ring (bicyclic) bond motifs is 3. The number of primary amides is 1. The minimum absolute atomic E-state index is 0.0516. The van der Waals surface area contributed by atoms with Crippen molar-refractivity contribution in [3.05, 3.63) is 52.3 Å². The molecule has 3 aliphatic carbocycles. The van der Waals surface area contributed by atoms with Crippen molar-refractivity contribution in [3.63, 3.8) is 0 Å². The molecule has 31 heavy (non-hydrogen) atoms. The van der Waals surface area contributed by atoms with Gasteiger partial charge in [-0.15, -0.1) is 0 Å². The van der Waals surface area contributed by atoms with E-state index < -0.39 is 76.0 Å². The molecule has 0 aromatic heterocycles. The van der Waals surface area contributed by atoms with E-state index in [2.05, 4.69) is 6.58 Å². The minimum atomic E-state index is -2.83. The molecular formula is C22H21NO8. The van der Waals surface area contributed by atoms with E-state index in [9.17, 15) is 39.9 Å². The third-order valence-corrected chi connectivity index (χ3v) is 6.73. The second kappa shape index (κ2) is 6.53. The van der Waals surface area contributed by atoms with Crippen LogP contribution in [0.2, 0.25) is 0 Å². The summed E-state index contributed by atoms with van der Waals surface area (Å²) in [4.78, 5) is 37.5. The number of aliphatic hydroxyl groups is 4. The first-order valence-corrected chi connectivity index (χ1v) is 9.62. The molecule has 0 radical (unpaired) electrons. The van der Waals surface area contributed by atoms with Crippen molar-refractivity contribution in [3.8, 4) is 5.75 Å². The van der Waals surface area contributed by atoms with Crippen LogP contribution in [0.5, 0.6) is 5.75 Å². The Kier molecular flexibility index (Phi) is 4.39. The number of phenols is 1. The number of Topliss-reactive ketones (excluding diaryl/α,β-unsaturated/α-hetero) is 2. The number of rotatable bonds is 2. The highest BCUT2D eigenvalue weighted by molar-refractivity contribution is 6.23. The molecule has 9 heteroatoms. The van der Waals surface area contributed by atoms with E-state index in [0.717, 1.165) is 0 Å². The normalized spacial score (nSPS) is 32.4. The minimum Gasteiger partial charge on any atom is -0.508 e. The Balaban J connectivity index is 2.05. The van der Waals surface area contributed by atoms with Crippen LogP contribution < -0.4 is 5.73 Å². The van der Waals surface area contributed by atoms with Crippen molar-refractivity contribution in [2.75, 3.05) is 0 Å². The van der Waals surface area contributed by atoms with Gasteiger partial charge in [-0.05, 0) is 23.1 Å². The van der Waals surface area contributed by atoms with Crippen molar-refractivity contribution in [1.82, 2.24) is 0 Å². The fourth-order valence-electron chi connectivity index (χ4n) is 5.29. The molecule has 162 valence electrons. The summed E-state index contributed by atoms with van der Waals surface area (Å²) in [5.74, 6) is -8.80. The Morgan fingerprint density at radius 3 is 2.48 bits per heavy atom. The average Bonchev–Trinajstić information content (AvgIpc) is 2.70. The maximum absolute atomic E-state index is 13.4. The highest BCUT2D eigenvalue weighted by Crippen LogP contribution is 2.56. The predicted octanol–water partition coefficient (Wildman–Crippen LogP) is 0.599. The molecule has 0 heterocycles. The molecule has 0 saturated heterocycles.